The van der Waals surface area contributed by atoms with Gasteiger partial charge in [-0.2, -0.15) is 0 Å². The molecule has 6 nitrogen and oxygen atoms in total. The first-order chi connectivity index (χ1) is 14.0. The number of carbonyl (C=O) groups is 2. The van der Waals surface area contributed by atoms with E-state index in [2.05, 4.69) is 17.1 Å². The lowest BCUT2D eigenvalue weighted by molar-refractivity contribution is -0.116. The minimum absolute atomic E-state index is 0.0406. The first kappa shape index (κ1) is 21.3. The summed E-state index contributed by atoms with van der Waals surface area (Å²) in [4.78, 5) is 31.0. The second-order valence-corrected chi connectivity index (χ2v) is 8.32. The minimum atomic E-state index is -0.191. The van der Waals surface area contributed by atoms with Crippen molar-refractivity contribution >= 4 is 34.5 Å². The largest absolute Gasteiger partial charge is 0.378 e. The number of amides is 2. The van der Waals surface area contributed by atoms with Crippen LogP contribution in [0.4, 0.5) is 11.4 Å². The molecule has 2 aromatic rings. The number of ether oxygens (including phenoxy) is 1. The number of nitrogens with one attached hydrogen (secondary N) is 1. The third kappa shape index (κ3) is 5.36. The van der Waals surface area contributed by atoms with Crippen LogP contribution < -0.4 is 10.2 Å². The summed E-state index contributed by atoms with van der Waals surface area (Å²) in [6.07, 6.45) is 0.905. The molecule has 2 amide bonds. The van der Waals surface area contributed by atoms with Gasteiger partial charge in [-0.25, -0.2) is 0 Å². The lowest BCUT2D eigenvalue weighted by Crippen LogP contribution is -2.37. The summed E-state index contributed by atoms with van der Waals surface area (Å²) < 4.78 is 5.38. The highest BCUT2D eigenvalue weighted by Gasteiger charge is 2.20. The Bertz CT molecular complexity index is 841. The zero-order chi connectivity index (χ0) is 20.8. The number of rotatable bonds is 7. The summed E-state index contributed by atoms with van der Waals surface area (Å²) in [5.74, 6) is -0.276. The fourth-order valence-corrected chi connectivity index (χ4v) is 4.49. The van der Waals surface area contributed by atoms with Gasteiger partial charge >= 0.3 is 0 Å². The number of hydrogen-bond donors (Lipinski definition) is 1. The standard InChI is InChI=1S/C22H29N3O3S/c1-4-17-14-20(29-16(17)3)22(27)24(5-2)15-21(26)23-18-6-8-19(9-7-18)25-10-12-28-13-11-25/h6-9,14H,4-5,10-13,15H2,1-3H3,(H,23,26). The second kappa shape index (κ2) is 9.89. The van der Waals surface area contributed by atoms with Gasteiger partial charge in [0.2, 0.25) is 5.91 Å². The average Bonchev–Trinajstić information content (AvgIpc) is 3.13. The van der Waals surface area contributed by atoms with E-state index in [1.807, 2.05) is 44.2 Å². The normalized spacial score (nSPS) is 14.0. The number of thiophene rings is 1. The highest BCUT2D eigenvalue weighted by atomic mass is 32.1. The van der Waals surface area contributed by atoms with Gasteiger partial charge in [0.15, 0.2) is 0 Å². The molecular formula is C22H29N3O3S. The van der Waals surface area contributed by atoms with Crippen molar-refractivity contribution in [3.63, 3.8) is 0 Å². The first-order valence-corrected chi connectivity index (χ1v) is 10.9. The number of benzene rings is 1. The van der Waals surface area contributed by atoms with Gasteiger partial charge in [0, 0.05) is 35.9 Å². The van der Waals surface area contributed by atoms with Crippen molar-refractivity contribution in [3.8, 4) is 0 Å². The quantitative estimate of drug-likeness (QED) is 0.751. The third-order valence-corrected chi connectivity index (χ3v) is 6.22. The lowest BCUT2D eigenvalue weighted by atomic mass is 10.2. The van der Waals surface area contributed by atoms with Gasteiger partial charge in [0.05, 0.1) is 18.1 Å². The van der Waals surface area contributed by atoms with Crippen molar-refractivity contribution < 1.29 is 14.3 Å². The van der Waals surface area contributed by atoms with Gasteiger partial charge in [-0.05, 0) is 56.2 Å². The summed E-state index contributed by atoms with van der Waals surface area (Å²) in [5, 5.41) is 2.90. The monoisotopic (exact) mass is 415 g/mol. The third-order valence-electron chi connectivity index (χ3n) is 5.14. The smallest absolute Gasteiger partial charge is 0.264 e. The van der Waals surface area contributed by atoms with E-state index in [9.17, 15) is 9.59 Å². The fraction of sp³-hybridized carbons (Fsp3) is 0.455. The van der Waals surface area contributed by atoms with Crippen LogP contribution in [0, 0.1) is 6.92 Å². The summed E-state index contributed by atoms with van der Waals surface area (Å²) in [6, 6.07) is 9.76. The molecule has 3 rings (SSSR count). The maximum absolute atomic E-state index is 12.8. The lowest BCUT2D eigenvalue weighted by Gasteiger charge is -2.29. The highest BCUT2D eigenvalue weighted by Crippen LogP contribution is 2.23. The molecule has 2 heterocycles. The number of hydrogen-bond acceptors (Lipinski definition) is 5. The summed E-state index contributed by atoms with van der Waals surface area (Å²) in [6.45, 7) is 9.76. The molecule has 1 aromatic heterocycles. The number of morpholine rings is 1. The molecule has 156 valence electrons. The predicted octanol–water partition coefficient (Wildman–Crippen LogP) is 3.56. The van der Waals surface area contributed by atoms with E-state index in [0.29, 0.717) is 11.4 Å². The Labute approximate surface area is 176 Å². The van der Waals surface area contributed by atoms with Crippen molar-refractivity contribution in [1.82, 2.24) is 4.90 Å². The molecule has 7 heteroatoms. The van der Waals surface area contributed by atoms with E-state index < -0.39 is 0 Å². The fourth-order valence-electron chi connectivity index (χ4n) is 3.41. The minimum Gasteiger partial charge on any atom is -0.378 e. The second-order valence-electron chi connectivity index (χ2n) is 7.06. The molecule has 1 N–H and O–H groups in total. The molecular weight excluding hydrogens is 386 g/mol. The maximum atomic E-state index is 12.8. The van der Waals surface area contributed by atoms with Crippen LogP contribution in [0.2, 0.25) is 0 Å². The Morgan fingerprint density at radius 1 is 1.17 bits per heavy atom. The Hall–Kier alpha value is -2.38. The van der Waals surface area contributed by atoms with Gasteiger partial charge in [-0.15, -0.1) is 11.3 Å². The molecule has 0 aliphatic carbocycles. The van der Waals surface area contributed by atoms with E-state index >= 15 is 0 Å². The zero-order valence-electron chi connectivity index (χ0n) is 17.4. The van der Waals surface area contributed by atoms with Crippen LogP contribution in [0.3, 0.4) is 0 Å². The Morgan fingerprint density at radius 3 is 2.45 bits per heavy atom. The van der Waals surface area contributed by atoms with Crippen LogP contribution >= 0.6 is 11.3 Å². The van der Waals surface area contributed by atoms with Gasteiger partial charge < -0.3 is 19.9 Å². The van der Waals surface area contributed by atoms with Crippen molar-refractivity contribution in [3.05, 3.63) is 45.6 Å². The number of carbonyl (C=O) groups excluding carboxylic acids is 2. The van der Waals surface area contributed by atoms with Gasteiger partial charge in [-0.1, -0.05) is 6.92 Å². The molecule has 0 saturated carbocycles. The molecule has 0 bridgehead atoms. The van der Waals surface area contributed by atoms with E-state index in [-0.39, 0.29) is 18.4 Å². The number of anilines is 2. The molecule has 1 saturated heterocycles. The van der Waals surface area contributed by atoms with Crippen molar-refractivity contribution in [2.45, 2.75) is 27.2 Å². The van der Waals surface area contributed by atoms with Crippen molar-refractivity contribution in [2.24, 2.45) is 0 Å². The predicted molar refractivity (Wildman–Crippen MR) is 118 cm³/mol. The van der Waals surface area contributed by atoms with Crippen molar-refractivity contribution in [2.75, 3.05) is 49.6 Å². The van der Waals surface area contributed by atoms with Crippen LogP contribution in [-0.2, 0) is 16.0 Å². The van der Waals surface area contributed by atoms with E-state index in [1.54, 1.807) is 4.90 Å². The SMILES string of the molecule is CCc1cc(C(=O)N(CC)CC(=O)Nc2ccc(N3CCOCC3)cc2)sc1C. The van der Waals surface area contributed by atoms with Crippen LogP contribution in [0.25, 0.3) is 0 Å². The number of nitrogens with zero attached hydrogens (tertiary/aromatic N) is 2. The van der Waals surface area contributed by atoms with Gasteiger partial charge in [0.25, 0.3) is 5.91 Å². The van der Waals surface area contributed by atoms with Crippen LogP contribution in [0.15, 0.2) is 30.3 Å². The Kier molecular flexibility index (Phi) is 7.28. The van der Waals surface area contributed by atoms with E-state index in [4.69, 9.17) is 4.74 Å². The van der Waals surface area contributed by atoms with Crippen molar-refractivity contribution in [1.29, 1.82) is 0 Å². The molecule has 0 unspecified atom stereocenters. The number of aryl methyl sites for hydroxylation is 2. The molecule has 1 fully saturated rings. The van der Waals surface area contributed by atoms with Gasteiger partial charge in [-0.3, -0.25) is 9.59 Å². The Morgan fingerprint density at radius 2 is 1.86 bits per heavy atom. The van der Waals surface area contributed by atoms with E-state index in [0.717, 1.165) is 49.0 Å². The summed E-state index contributed by atoms with van der Waals surface area (Å²) >= 11 is 1.50. The average molecular weight is 416 g/mol. The molecule has 1 aromatic carbocycles. The van der Waals surface area contributed by atoms with Crippen LogP contribution in [0.1, 0.15) is 34.0 Å². The maximum Gasteiger partial charge on any atom is 0.264 e. The number of likely N-dealkylation sites (N-methyl/N-ethyl adjacent to an activating group) is 1. The Balaban J connectivity index is 1.58. The van der Waals surface area contributed by atoms with Crippen LogP contribution in [0.5, 0.6) is 0 Å². The van der Waals surface area contributed by atoms with E-state index in [1.165, 1.54) is 16.9 Å². The molecule has 0 atom stereocenters. The summed E-state index contributed by atoms with van der Waals surface area (Å²) in [7, 11) is 0. The molecule has 29 heavy (non-hydrogen) atoms. The first-order valence-electron chi connectivity index (χ1n) is 10.1. The zero-order valence-corrected chi connectivity index (χ0v) is 18.2. The molecule has 1 aliphatic heterocycles. The molecule has 0 spiro atoms. The topological polar surface area (TPSA) is 61.9 Å². The highest BCUT2D eigenvalue weighted by molar-refractivity contribution is 7.14. The molecule has 0 radical (unpaired) electrons. The summed E-state index contributed by atoms with van der Waals surface area (Å²) in [5.41, 5.74) is 3.05. The van der Waals surface area contributed by atoms with Gasteiger partial charge in [0.1, 0.15) is 6.54 Å². The van der Waals surface area contributed by atoms with Crippen LogP contribution in [-0.4, -0.2) is 56.1 Å². The molecule has 1 aliphatic rings.